The quantitative estimate of drug-likeness (QED) is 0.830. The van der Waals surface area contributed by atoms with Crippen LogP contribution in [0.3, 0.4) is 0 Å². The van der Waals surface area contributed by atoms with Gasteiger partial charge in [0, 0.05) is 19.0 Å². The Morgan fingerprint density at radius 1 is 1.40 bits per heavy atom. The lowest BCUT2D eigenvalue weighted by Crippen LogP contribution is -2.46. The zero-order valence-electron chi connectivity index (χ0n) is 12.8. The lowest BCUT2D eigenvalue weighted by molar-refractivity contribution is 0.0953. The minimum atomic E-state index is 0.458. The van der Waals surface area contributed by atoms with Crippen molar-refractivity contribution in [3.8, 4) is 0 Å². The SMILES string of the molecule is CCCCc1noc(CN2CCC(CC)CC2CN)n1. The van der Waals surface area contributed by atoms with Crippen molar-refractivity contribution < 1.29 is 4.52 Å². The summed E-state index contributed by atoms with van der Waals surface area (Å²) >= 11 is 0. The van der Waals surface area contributed by atoms with E-state index in [1.54, 1.807) is 0 Å². The van der Waals surface area contributed by atoms with Crippen LogP contribution in [-0.2, 0) is 13.0 Å². The van der Waals surface area contributed by atoms with Crippen LogP contribution in [-0.4, -0.2) is 34.2 Å². The summed E-state index contributed by atoms with van der Waals surface area (Å²) in [7, 11) is 0. The highest BCUT2D eigenvalue weighted by Crippen LogP contribution is 2.25. The highest BCUT2D eigenvalue weighted by atomic mass is 16.5. The topological polar surface area (TPSA) is 68.2 Å². The third-order valence-electron chi connectivity index (χ3n) is 4.40. The molecule has 0 spiro atoms. The Hall–Kier alpha value is -0.940. The molecule has 2 heterocycles. The van der Waals surface area contributed by atoms with Gasteiger partial charge in [-0.2, -0.15) is 4.98 Å². The van der Waals surface area contributed by atoms with Crippen LogP contribution in [0.5, 0.6) is 0 Å². The Morgan fingerprint density at radius 3 is 2.95 bits per heavy atom. The van der Waals surface area contributed by atoms with E-state index in [-0.39, 0.29) is 0 Å². The fraction of sp³-hybridized carbons (Fsp3) is 0.867. The average Bonchev–Trinajstić information content (AvgIpc) is 2.93. The zero-order chi connectivity index (χ0) is 14.4. The van der Waals surface area contributed by atoms with Crippen LogP contribution in [0.15, 0.2) is 4.52 Å². The van der Waals surface area contributed by atoms with Gasteiger partial charge in [0.1, 0.15) is 0 Å². The second kappa shape index (κ2) is 7.74. The fourth-order valence-electron chi connectivity index (χ4n) is 2.97. The number of piperidine rings is 1. The molecule has 1 aromatic heterocycles. The molecule has 20 heavy (non-hydrogen) atoms. The minimum Gasteiger partial charge on any atom is -0.338 e. The summed E-state index contributed by atoms with van der Waals surface area (Å²) in [6.45, 7) is 6.99. The smallest absolute Gasteiger partial charge is 0.240 e. The van der Waals surface area contributed by atoms with Gasteiger partial charge in [0.15, 0.2) is 5.82 Å². The molecule has 5 heteroatoms. The summed E-state index contributed by atoms with van der Waals surface area (Å²) in [6.07, 6.45) is 6.90. The van der Waals surface area contributed by atoms with Crippen molar-refractivity contribution in [2.75, 3.05) is 13.1 Å². The normalized spacial score (nSPS) is 24.1. The summed E-state index contributed by atoms with van der Waals surface area (Å²) in [5, 5.41) is 4.06. The van der Waals surface area contributed by atoms with Crippen LogP contribution < -0.4 is 5.73 Å². The van der Waals surface area contributed by atoms with Crippen molar-refractivity contribution in [3.05, 3.63) is 11.7 Å². The van der Waals surface area contributed by atoms with Crippen molar-refractivity contribution in [1.82, 2.24) is 15.0 Å². The van der Waals surface area contributed by atoms with Gasteiger partial charge in [-0.25, -0.2) is 0 Å². The van der Waals surface area contributed by atoms with Crippen LogP contribution in [0.2, 0.25) is 0 Å². The van der Waals surface area contributed by atoms with Crippen molar-refractivity contribution in [2.45, 2.75) is 65.0 Å². The number of nitrogens with zero attached hydrogens (tertiary/aromatic N) is 3. The van der Waals surface area contributed by atoms with E-state index in [1.165, 1.54) is 19.3 Å². The molecule has 2 atom stereocenters. The number of hydrogen-bond acceptors (Lipinski definition) is 5. The van der Waals surface area contributed by atoms with E-state index in [0.29, 0.717) is 12.6 Å². The van der Waals surface area contributed by atoms with Gasteiger partial charge in [0.05, 0.1) is 6.54 Å². The predicted molar refractivity (Wildman–Crippen MR) is 79.2 cm³/mol. The van der Waals surface area contributed by atoms with Crippen LogP contribution in [0, 0.1) is 5.92 Å². The highest BCUT2D eigenvalue weighted by molar-refractivity contribution is 4.90. The second-order valence-corrected chi connectivity index (χ2v) is 5.87. The number of rotatable bonds is 7. The van der Waals surface area contributed by atoms with Gasteiger partial charge in [0.2, 0.25) is 5.89 Å². The lowest BCUT2D eigenvalue weighted by Gasteiger charge is -2.37. The van der Waals surface area contributed by atoms with E-state index in [2.05, 4.69) is 28.9 Å². The Labute approximate surface area is 121 Å². The number of aryl methyl sites for hydroxylation is 1. The van der Waals surface area contributed by atoms with Gasteiger partial charge in [-0.05, 0) is 31.7 Å². The molecule has 0 radical (unpaired) electrons. The zero-order valence-corrected chi connectivity index (χ0v) is 12.8. The van der Waals surface area contributed by atoms with Gasteiger partial charge < -0.3 is 10.3 Å². The molecular formula is C15H28N4O. The molecule has 114 valence electrons. The standard InChI is InChI=1S/C15H28N4O/c1-3-5-6-14-17-15(20-18-14)11-19-8-7-12(4-2)9-13(19)10-16/h12-13H,3-11,16H2,1-2H3. The maximum Gasteiger partial charge on any atom is 0.240 e. The molecule has 1 saturated heterocycles. The molecule has 0 aromatic carbocycles. The van der Waals surface area contributed by atoms with Crippen molar-refractivity contribution in [2.24, 2.45) is 11.7 Å². The molecule has 0 saturated carbocycles. The number of likely N-dealkylation sites (tertiary alicyclic amines) is 1. The molecular weight excluding hydrogens is 252 g/mol. The predicted octanol–water partition coefficient (Wildman–Crippen LogP) is 2.36. The maximum atomic E-state index is 5.93. The molecule has 0 aliphatic carbocycles. The van der Waals surface area contributed by atoms with Gasteiger partial charge in [-0.1, -0.05) is 31.8 Å². The molecule has 1 aliphatic heterocycles. The van der Waals surface area contributed by atoms with E-state index >= 15 is 0 Å². The molecule has 1 aromatic rings. The summed E-state index contributed by atoms with van der Waals surface area (Å²) in [5.41, 5.74) is 5.93. The van der Waals surface area contributed by atoms with Gasteiger partial charge in [0.25, 0.3) is 0 Å². The lowest BCUT2D eigenvalue weighted by atomic mass is 9.89. The van der Waals surface area contributed by atoms with Crippen LogP contribution in [0.25, 0.3) is 0 Å². The molecule has 1 aliphatic rings. The third kappa shape index (κ3) is 4.03. The van der Waals surface area contributed by atoms with Gasteiger partial charge in [-0.15, -0.1) is 0 Å². The van der Waals surface area contributed by atoms with Gasteiger partial charge in [-0.3, -0.25) is 4.90 Å². The number of hydrogen-bond donors (Lipinski definition) is 1. The Balaban J connectivity index is 1.89. The summed E-state index contributed by atoms with van der Waals surface area (Å²) < 4.78 is 5.37. The fourth-order valence-corrected chi connectivity index (χ4v) is 2.97. The molecule has 0 bridgehead atoms. The Bertz CT molecular complexity index is 393. The number of unbranched alkanes of at least 4 members (excludes halogenated alkanes) is 1. The van der Waals surface area contributed by atoms with E-state index in [4.69, 9.17) is 10.3 Å². The number of nitrogens with two attached hydrogens (primary N) is 1. The van der Waals surface area contributed by atoms with Crippen LogP contribution in [0.4, 0.5) is 0 Å². The molecule has 0 amide bonds. The Morgan fingerprint density at radius 2 is 2.25 bits per heavy atom. The van der Waals surface area contributed by atoms with Crippen molar-refractivity contribution in [1.29, 1.82) is 0 Å². The van der Waals surface area contributed by atoms with Crippen LogP contribution >= 0.6 is 0 Å². The molecule has 2 unspecified atom stereocenters. The van der Waals surface area contributed by atoms with E-state index in [0.717, 1.165) is 50.0 Å². The second-order valence-electron chi connectivity index (χ2n) is 5.87. The first-order valence-electron chi connectivity index (χ1n) is 8.02. The first-order valence-corrected chi connectivity index (χ1v) is 8.02. The highest BCUT2D eigenvalue weighted by Gasteiger charge is 2.27. The summed E-state index contributed by atoms with van der Waals surface area (Å²) in [5.74, 6) is 2.40. The molecule has 1 fully saturated rings. The maximum absolute atomic E-state index is 5.93. The molecule has 5 nitrogen and oxygen atoms in total. The third-order valence-corrected chi connectivity index (χ3v) is 4.40. The van der Waals surface area contributed by atoms with Crippen LogP contribution in [0.1, 0.15) is 57.7 Å². The van der Waals surface area contributed by atoms with E-state index in [1.807, 2.05) is 0 Å². The van der Waals surface area contributed by atoms with E-state index in [9.17, 15) is 0 Å². The first-order chi connectivity index (χ1) is 9.76. The van der Waals surface area contributed by atoms with Gasteiger partial charge >= 0.3 is 0 Å². The monoisotopic (exact) mass is 280 g/mol. The molecule has 2 N–H and O–H groups in total. The van der Waals surface area contributed by atoms with Crippen molar-refractivity contribution >= 4 is 0 Å². The number of aromatic nitrogens is 2. The Kier molecular flexibility index (Phi) is 5.98. The molecule has 2 rings (SSSR count). The first kappa shape index (κ1) is 15.4. The average molecular weight is 280 g/mol. The minimum absolute atomic E-state index is 0.458. The van der Waals surface area contributed by atoms with Crippen molar-refractivity contribution in [3.63, 3.8) is 0 Å². The van der Waals surface area contributed by atoms with E-state index < -0.39 is 0 Å². The largest absolute Gasteiger partial charge is 0.338 e. The summed E-state index contributed by atoms with van der Waals surface area (Å²) in [6, 6.07) is 0.458. The summed E-state index contributed by atoms with van der Waals surface area (Å²) in [4.78, 5) is 6.90.